The number of methoxy groups -OCH3 is 1. The summed E-state index contributed by atoms with van der Waals surface area (Å²) in [5.74, 6) is -0.395. The molecule has 4 aromatic carbocycles. The number of benzene rings is 4. The normalized spacial score (nSPS) is 12.5. The van der Waals surface area contributed by atoms with Gasteiger partial charge in [-0.2, -0.15) is 0 Å². The van der Waals surface area contributed by atoms with Gasteiger partial charge in [0.1, 0.15) is 0 Å². The van der Waals surface area contributed by atoms with E-state index in [1.54, 1.807) is 12.1 Å². The van der Waals surface area contributed by atoms with E-state index in [2.05, 4.69) is 88.3 Å². The van der Waals surface area contributed by atoms with E-state index < -0.39 is 11.3 Å². The van der Waals surface area contributed by atoms with Crippen molar-refractivity contribution in [3.63, 3.8) is 0 Å². The van der Waals surface area contributed by atoms with Crippen LogP contribution < -0.4 is 21.6 Å². The van der Waals surface area contributed by atoms with E-state index in [0.29, 0.717) is 17.4 Å². The number of hydrogen-bond acceptors (Lipinski definition) is 3. The Hall–Kier alpha value is -2.94. The Labute approximate surface area is 196 Å². The molecule has 2 N–H and O–H groups in total. The minimum atomic E-state index is -3.15. The van der Waals surface area contributed by atoms with Gasteiger partial charge in [0, 0.05) is 0 Å². The van der Waals surface area contributed by atoms with E-state index in [-0.39, 0.29) is 0 Å². The molecule has 0 heterocycles. The Balaban J connectivity index is 2.02. The predicted molar refractivity (Wildman–Crippen MR) is 140 cm³/mol. The quantitative estimate of drug-likeness (QED) is 0.217. The minimum absolute atomic E-state index is 0.395. The third-order valence-electron chi connectivity index (χ3n) is 5.92. The van der Waals surface area contributed by atoms with E-state index in [0.717, 1.165) is 5.56 Å². The van der Waals surface area contributed by atoms with Crippen molar-refractivity contribution < 1.29 is 9.53 Å². The second-order valence-corrected chi connectivity index (χ2v) is 16.7. The van der Waals surface area contributed by atoms with Crippen molar-refractivity contribution >= 4 is 48.4 Å². The number of anilines is 1. The van der Waals surface area contributed by atoms with Crippen molar-refractivity contribution in [1.82, 2.24) is 0 Å². The molecule has 3 nitrogen and oxygen atoms in total. The van der Waals surface area contributed by atoms with Gasteiger partial charge in [0.15, 0.2) is 0 Å². The van der Waals surface area contributed by atoms with Gasteiger partial charge in [-0.15, -0.1) is 0 Å². The Morgan fingerprint density at radius 2 is 1.22 bits per heavy atom. The number of hydrogen-bond donors (Lipinski definition) is 1. The molecule has 0 spiro atoms. The molecule has 4 aromatic rings. The van der Waals surface area contributed by atoms with Crippen LogP contribution in [0.4, 0.5) is 5.69 Å². The van der Waals surface area contributed by atoms with Gasteiger partial charge < -0.3 is 0 Å². The zero-order valence-corrected chi connectivity index (χ0v) is 20.3. The van der Waals surface area contributed by atoms with Gasteiger partial charge in [0.2, 0.25) is 0 Å². The van der Waals surface area contributed by atoms with Gasteiger partial charge in [-0.05, 0) is 0 Å². The Kier molecular flexibility index (Phi) is 6.19. The number of ether oxygens (including phenoxy) is 1. The van der Waals surface area contributed by atoms with Crippen molar-refractivity contribution in [3.05, 3.63) is 120 Å². The number of rotatable bonds is 6. The Morgan fingerprint density at radius 3 is 1.59 bits per heavy atom. The molecule has 4 rings (SSSR count). The fraction of sp³-hybridized carbons (Fsp3) is 0.0741. The Morgan fingerprint density at radius 1 is 0.781 bits per heavy atom. The zero-order valence-electron chi connectivity index (χ0n) is 17.8. The van der Waals surface area contributed by atoms with Crippen LogP contribution >= 0.6 is 20.8 Å². The molecule has 5 heteroatoms. The van der Waals surface area contributed by atoms with Crippen LogP contribution in [0.25, 0.3) is 0 Å². The first kappa shape index (κ1) is 22.3. The molecule has 0 amide bonds. The fourth-order valence-corrected chi connectivity index (χ4v) is 11.9. The van der Waals surface area contributed by atoms with Crippen LogP contribution in [0, 0.1) is 0 Å². The predicted octanol–water partition coefficient (Wildman–Crippen LogP) is 5.40. The zero-order chi connectivity index (χ0) is 22.6. The van der Waals surface area contributed by atoms with Crippen LogP contribution in [-0.2, 0) is 10.9 Å². The van der Waals surface area contributed by atoms with Gasteiger partial charge >= 0.3 is 197 Å². The molecule has 0 unspecified atom stereocenters. The van der Waals surface area contributed by atoms with Gasteiger partial charge in [-0.25, -0.2) is 0 Å². The van der Waals surface area contributed by atoms with Crippen molar-refractivity contribution in [1.29, 1.82) is 0 Å². The third kappa shape index (κ3) is 3.74. The van der Waals surface area contributed by atoms with E-state index >= 15 is 0 Å². The number of carbonyl (C=O) groups excluding carboxylic acids is 1. The van der Waals surface area contributed by atoms with Crippen LogP contribution in [0.15, 0.2) is 109 Å². The summed E-state index contributed by atoms with van der Waals surface area (Å²) in [5.41, 5.74) is 8.50. The molecule has 0 aromatic heterocycles. The van der Waals surface area contributed by atoms with E-state index in [1.165, 1.54) is 23.0 Å². The van der Waals surface area contributed by atoms with E-state index in [1.807, 2.05) is 24.3 Å². The van der Waals surface area contributed by atoms with Crippen LogP contribution in [0.2, 0.25) is 0 Å². The second kappa shape index (κ2) is 8.90. The molecular formula is C27H25BrNO2P. The van der Waals surface area contributed by atoms with Gasteiger partial charge in [0.25, 0.3) is 0 Å². The van der Waals surface area contributed by atoms with Crippen LogP contribution in [0.5, 0.6) is 0 Å². The first-order valence-electron chi connectivity index (χ1n) is 10.3. The SMILES string of the molecule is COC(=O)c1ccc(CP(Br)(c2ccccc2)(c2ccccc2)c2ccccc2)c(N)c1. The summed E-state index contributed by atoms with van der Waals surface area (Å²) in [4.78, 5) is 12.0. The number of halogens is 1. The first-order valence-corrected chi connectivity index (χ1v) is 14.8. The molecule has 0 radical (unpaired) electrons. The van der Waals surface area contributed by atoms with Crippen molar-refractivity contribution in [2.75, 3.05) is 12.8 Å². The first-order chi connectivity index (χ1) is 15.5. The topological polar surface area (TPSA) is 52.3 Å². The number of nitrogen functional groups attached to an aromatic ring is 1. The standard InChI is InChI=1S/C27H25BrNO2P/c1-31-27(30)21-17-18-22(26(29)19-21)20-32(28,23-11-5-2-6-12-23,24-13-7-3-8-14-24)25-15-9-4-10-16-25/h2-19H,20,29H2,1H3. The van der Waals surface area contributed by atoms with Crippen LogP contribution in [0.3, 0.4) is 0 Å². The van der Waals surface area contributed by atoms with Crippen LogP contribution in [0.1, 0.15) is 15.9 Å². The molecule has 162 valence electrons. The van der Waals surface area contributed by atoms with E-state index in [9.17, 15) is 4.79 Å². The molecular weight excluding hydrogens is 481 g/mol. The molecule has 0 fully saturated rings. The number of carbonyl (C=O) groups is 1. The summed E-state index contributed by atoms with van der Waals surface area (Å²) in [6.07, 6.45) is 0.664. The summed E-state index contributed by atoms with van der Waals surface area (Å²) in [6.45, 7) is 0. The molecule has 0 aliphatic carbocycles. The number of nitrogens with two attached hydrogens (primary N) is 1. The summed E-state index contributed by atoms with van der Waals surface area (Å²) in [6, 6.07) is 37.1. The van der Waals surface area contributed by atoms with Crippen molar-refractivity contribution in [3.8, 4) is 0 Å². The molecule has 32 heavy (non-hydrogen) atoms. The maximum atomic E-state index is 12.0. The van der Waals surface area contributed by atoms with Crippen LogP contribution in [-0.4, -0.2) is 13.1 Å². The van der Waals surface area contributed by atoms with E-state index in [4.69, 9.17) is 10.5 Å². The summed E-state index contributed by atoms with van der Waals surface area (Å²) in [5, 5.41) is 0.493. The van der Waals surface area contributed by atoms with Gasteiger partial charge in [-0.3, -0.25) is 0 Å². The number of esters is 1. The van der Waals surface area contributed by atoms with Gasteiger partial charge in [-0.1, -0.05) is 0 Å². The van der Waals surface area contributed by atoms with Gasteiger partial charge in [0.05, 0.1) is 0 Å². The third-order valence-corrected chi connectivity index (χ3v) is 15.4. The summed E-state index contributed by atoms with van der Waals surface area (Å²) < 4.78 is 4.86. The Bertz CT molecular complexity index is 1130. The fourth-order valence-electron chi connectivity index (χ4n) is 4.24. The molecule has 0 saturated carbocycles. The maximum absolute atomic E-state index is 12.0. The molecule has 0 aliphatic rings. The summed E-state index contributed by atoms with van der Waals surface area (Å²) in [7, 11) is 1.37. The summed E-state index contributed by atoms with van der Waals surface area (Å²) >= 11 is 4.43. The van der Waals surface area contributed by atoms with Crippen molar-refractivity contribution in [2.45, 2.75) is 6.16 Å². The average Bonchev–Trinajstić information content (AvgIpc) is 2.86. The molecule has 0 atom stereocenters. The molecule has 0 saturated heterocycles. The molecule has 0 aliphatic heterocycles. The van der Waals surface area contributed by atoms with Crippen molar-refractivity contribution in [2.24, 2.45) is 0 Å². The molecule has 0 bridgehead atoms. The second-order valence-electron chi connectivity index (χ2n) is 7.75. The average molecular weight is 506 g/mol. The monoisotopic (exact) mass is 505 g/mol.